The Balaban J connectivity index is 1.47. The average Bonchev–Trinajstić information content (AvgIpc) is 3.22. The lowest BCUT2D eigenvalue weighted by atomic mass is 9.92. The van der Waals surface area contributed by atoms with Crippen molar-refractivity contribution in [2.45, 2.75) is 50.1 Å². The van der Waals surface area contributed by atoms with Gasteiger partial charge in [0, 0.05) is 35.7 Å². The summed E-state index contributed by atoms with van der Waals surface area (Å²) < 4.78 is 32.5. The van der Waals surface area contributed by atoms with Gasteiger partial charge < -0.3 is 25.7 Å². The van der Waals surface area contributed by atoms with Crippen LogP contribution >= 0.6 is 0 Å². The van der Waals surface area contributed by atoms with Gasteiger partial charge >= 0.3 is 0 Å². The molecule has 9 nitrogen and oxygen atoms in total. The summed E-state index contributed by atoms with van der Waals surface area (Å²) in [5.41, 5.74) is 0.778. The van der Waals surface area contributed by atoms with Gasteiger partial charge in [-0.05, 0) is 43.9 Å². The molecule has 2 fully saturated rings. The number of halogens is 2. The van der Waals surface area contributed by atoms with Crippen molar-refractivity contribution in [1.82, 2.24) is 20.9 Å². The minimum Gasteiger partial charge on any atom is -0.496 e. The molecule has 1 aliphatic carbocycles. The maximum Gasteiger partial charge on any atom is 0.268 e. The number of carbonyl (C=O) groups is 3. The minimum absolute atomic E-state index is 0.107. The van der Waals surface area contributed by atoms with Crippen LogP contribution in [-0.2, 0) is 9.59 Å². The molecule has 2 aliphatic rings. The highest BCUT2D eigenvalue weighted by molar-refractivity contribution is 6.01. The van der Waals surface area contributed by atoms with E-state index < -0.39 is 41.7 Å². The number of alkyl halides is 2. The second-order valence-corrected chi connectivity index (χ2v) is 9.08. The summed E-state index contributed by atoms with van der Waals surface area (Å²) in [6, 6.07) is 6.49. The van der Waals surface area contributed by atoms with Gasteiger partial charge in [-0.15, -0.1) is 0 Å². The van der Waals surface area contributed by atoms with E-state index in [1.807, 2.05) is 6.07 Å². The van der Waals surface area contributed by atoms with Crippen molar-refractivity contribution in [3.63, 3.8) is 0 Å². The standard InChI is InChI=1S/C24H27F2N5O4/c1-35-20-6-2-5-17-16(20)10-19(30-17)23(34)31-18(9-14-11-24(14,25)26)22(33)29-15(12-27)8-13-4-3-7-28-21(13)32/h2,5-6,10,13-15,18,30H,3-4,7-9,11H2,1H3,(H,28,32)(H,29,33)(H,31,34)/t13-,14?,15?,18?/m0/s1. The number of nitrogens with one attached hydrogen (secondary N) is 4. The molecule has 4 rings (SSSR count). The first-order valence-corrected chi connectivity index (χ1v) is 11.5. The first-order chi connectivity index (χ1) is 16.7. The van der Waals surface area contributed by atoms with Gasteiger partial charge in [0.05, 0.1) is 13.2 Å². The second kappa shape index (κ2) is 9.90. The fraction of sp³-hybridized carbons (Fsp3) is 0.500. The average molecular weight is 488 g/mol. The van der Waals surface area contributed by atoms with Crippen molar-refractivity contribution < 1.29 is 27.9 Å². The molecule has 0 spiro atoms. The Labute approximate surface area is 200 Å². The summed E-state index contributed by atoms with van der Waals surface area (Å²) >= 11 is 0. The molecule has 4 N–H and O–H groups in total. The summed E-state index contributed by atoms with van der Waals surface area (Å²) in [6.07, 6.45) is 0.845. The highest BCUT2D eigenvalue weighted by atomic mass is 19.3. The van der Waals surface area contributed by atoms with E-state index in [1.54, 1.807) is 24.3 Å². The normalized spacial score (nSPS) is 22.4. The highest BCUT2D eigenvalue weighted by Gasteiger charge is 2.57. The number of fused-ring (bicyclic) bond motifs is 1. The number of amides is 3. The zero-order chi connectivity index (χ0) is 25.2. The molecular weight excluding hydrogens is 460 g/mol. The van der Waals surface area contributed by atoms with Gasteiger partial charge in [0.15, 0.2) is 0 Å². The van der Waals surface area contributed by atoms with E-state index in [4.69, 9.17) is 4.74 Å². The zero-order valence-corrected chi connectivity index (χ0v) is 19.2. The van der Waals surface area contributed by atoms with Crippen LogP contribution in [0, 0.1) is 23.2 Å². The quantitative estimate of drug-likeness (QED) is 0.430. The number of nitrogens with zero attached hydrogens (tertiary/aromatic N) is 1. The third-order valence-corrected chi connectivity index (χ3v) is 6.58. The van der Waals surface area contributed by atoms with Crippen LogP contribution in [0.4, 0.5) is 8.78 Å². The molecule has 11 heteroatoms. The predicted octanol–water partition coefficient (Wildman–Crippen LogP) is 2.24. The van der Waals surface area contributed by atoms with Crippen LogP contribution < -0.4 is 20.7 Å². The number of rotatable bonds is 9. The number of nitriles is 1. The predicted molar refractivity (Wildman–Crippen MR) is 122 cm³/mol. The summed E-state index contributed by atoms with van der Waals surface area (Å²) in [6.45, 7) is 0.572. The Hall–Kier alpha value is -3.68. The number of benzene rings is 1. The van der Waals surface area contributed by atoms with Crippen molar-refractivity contribution in [2.24, 2.45) is 11.8 Å². The van der Waals surface area contributed by atoms with Gasteiger partial charge in [-0.1, -0.05) is 6.07 Å². The molecule has 2 heterocycles. The lowest BCUT2D eigenvalue weighted by Crippen LogP contribution is -2.51. The third-order valence-electron chi connectivity index (χ3n) is 6.58. The molecule has 1 aromatic carbocycles. The number of H-pyrrole nitrogens is 1. The lowest BCUT2D eigenvalue weighted by Gasteiger charge is -2.25. The Kier molecular flexibility index (Phi) is 6.91. The van der Waals surface area contributed by atoms with Crippen molar-refractivity contribution >= 4 is 28.6 Å². The topological polar surface area (TPSA) is 136 Å². The maximum atomic E-state index is 13.6. The summed E-state index contributed by atoms with van der Waals surface area (Å²) in [7, 11) is 1.50. The van der Waals surface area contributed by atoms with Crippen molar-refractivity contribution in [3.8, 4) is 11.8 Å². The number of hydrogen-bond donors (Lipinski definition) is 4. The van der Waals surface area contributed by atoms with E-state index in [9.17, 15) is 28.4 Å². The Morgan fingerprint density at radius 1 is 1.31 bits per heavy atom. The van der Waals surface area contributed by atoms with E-state index in [0.717, 1.165) is 6.42 Å². The monoisotopic (exact) mass is 487 g/mol. The number of carbonyl (C=O) groups excluding carboxylic acids is 3. The van der Waals surface area contributed by atoms with Gasteiger partial charge in [-0.3, -0.25) is 14.4 Å². The molecule has 1 saturated carbocycles. The van der Waals surface area contributed by atoms with Crippen molar-refractivity contribution in [2.75, 3.05) is 13.7 Å². The third kappa shape index (κ3) is 5.53. The number of aromatic nitrogens is 1. The Morgan fingerprint density at radius 2 is 2.09 bits per heavy atom. The molecule has 186 valence electrons. The minimum atomic E-state index is -2.88. The van der Waals surface area contributed by atoms with E-state index in [1.165, 1.54) is 7.11 Å². The van der Waals surface area contributed by atoms with Crippen LogP contribution in [-0.4, -0.2) is 54.4 Å². The lowest BCUT2D eigenvalue weighted by molar-refractivity contribution is -0.128. The molecule has 3 amide bonds. The van der Waals surface area contributed by atoms with E-state index in [-0.39, 0.29) is 30.9 Å². The van der Waals surface area contributed by atoms with Gasteiger partial charge in [-0.25, -0.2) is 8.78 Å². The fourth-order valence-electron chi connectivity index (χ4n) is 4.47. The second-order valence-electron chi connectivity index (χ2n) is 9.08. The number of hydrogen-bond acceptors (Lipinski definition) is 5. The molecule has 1 aliphatic heterocycles. The molecule has 0 bridgehead atoms. The zero-order valence-electron chi connectivity index (χ0n) is 19.2. The van der Waals surface area contributed by atoms with Crippen LogP contribution in [0.3, 0.4) is 0 Å². The first-order valence-electron chi connectivity index (χ1n) is 11.5. The Bertz CT molecular complexity index is 1170. The summed E-state index contributed by atoms with van der Waals surface area (Å²) in [5, 5.41) is 18.0. The van der Waals surface area contributed by atoms with E-state index in [2.05, 4.69) is 20.9 Å². The van der Waals surface area contributed by atoms with Gasteiger partial charge in [0.25, 0.3) is 11.8 Å². The molecule has 1 saturated heterocycles. The number of aromatic amines is 1. The van der Waals surface area contributed by atoms with Crippen LogP contribution in [0.2, 0.25) is 0 Å². The molecule has 0 radical (unpaired) electrons. The highest BCUT2D eigenvalue weighted by Crippen LogP contribution is 2.51. The van der Waals surface area contributed by atoms with Gasteiger partial charge in [0.2, 0.25) is 11.8 Å². The van der Waals surface area contributed by atoms with Crippen LogP contribution in [0.5, 0.6) is 5.75 Å². The smallest absolute Gasteiger partial charge is 0.268 e. The van der Waals surface area contributed by atoms with E-state index in [0.29, 0.717) is 29.6 Å². The summed E-state index contributed by atoms with van der Waals surface area (Å²) in [4.78, 5) is 40.9. The number of piperidine rings is 1. The maximum absolute atomic E-state index is 13.6. The molecule has 3 unspecified atom stereocenters. The molecule has 1 aromatic heterocycles. The van der Waals surface area contributed by atoms with Crippen molar-refractivity contribution in [1.29, 1.82) is 5.26 Å². The first kappa shape index (κ1) is 24.4. The molecule has 2 aromatic rings. The van der Waals surface area contributed by atoms with Gasteiger partial charge in [-0.2, -0.15) is 5.26 Å². The van der Waals surface area contributed by atoms with Crippen molar-refractivity contribution in [3.05, 3.63) is 30.0 Å². The van der Waals surface area contributed by atoms with Crippen LogP contribution in [0.25, 0.3) is 10.9 Å². The molecular formula is C24H27F2N5O4. The van der Waals surface area contributed by atoms with Crippen LogP contribution in [0.15, 0.2) is 24.3 Å². The molecule has 4 atom stereocenters. The Morgan fingerprint density at radius 3 is 2.74 bits per heavy atom. The molecule has 35 heavy (non-hydrogen) atoms. The largest absolute Gasteiger partial charge is 0.496 e. The van der Waals surface area contributed by atoms with Gasteiger partial charge in [0.1, 0.15) is 23.5 Å². The number of methoxy groups -OCH3 is 1. The van der Waals surface area contributed by atoms with Crippen LogP contribution in [0.1, 0.15) is 42.6 Å². The van der Waals surface area contributed by atoms with E-state index >= 15 is 0 Å². The number of ether oxygens (including phenoxy) is 1. The fourth-order valence-corrected chi connectivity index (χ4v) is 4.47. The summed E-state index contributed by atoms with van der Waals surface area (Å²) in [5.74, 6) is -5.35. The SMILES string of the molecule is COc1cccc2[nH]c(C(=O)NC(CC3CC3(F)F)C(=O)NC(C#N)C[C@@H]3CCCNC3=O)cc12.